The average molecular weight is 1090 g/mol. The molecule has 3 aromatic carbocycles. The van der Waals surface area contributed by atoms with Gasteiger partial charge in [0.15, 0.2) is 0 Å². The summed E-state index contributed by atoms with van der Waals surface area (Å²) in [5.41, 5.74) is 13.1. The Labute approximate surface area is 462 Å². The molecule has 0 radical (unpaired) electrons. The van der Waals surface area contributed by atoms with Crippen molar-refractivity contribution in [3.8, 4) is 16.2 Å². The van der Waals surface area contributed by atoms with E-state index >= 15 is 0 Å². The molecule has 0 aliphatic carbocycles. The molecule has 7 N–H and O–H groups in total. The molecule has 3 aliphatic rings. The standard InChI is InChI=1S/C59H78N8O10S/c1-34-18-19-37(28-47(34)76-32-42(25-27-48(60)69)63-54(72)46-29-41-16-13-15-39-24-26-44(55(73)67(46)50(39)41)64-57(75)77-59(7,8)9)14-11-10-12-17-49(70)65-52(58(4,5)6)56(74)66-31-43(68)30-45(66)53(71)62-35(2)38-20-22-40(23-21-38)51-36(3)61-33-78-51/h13,15-16,18-23,28,33,35,42-46,52,68H,10-12,14,17,24-27,29-32H2,1-9H3,(H2,60,69)(H,62,71)(H,63,72)(H,64,75)(H,65,70)/t35-,42-,43+,44-,45-,46-,52+/m0/s1. The van der Waals surface area contributed by atoms with Crippen LogP contribution in [0.25, 0.3) is 10.4 Å². The molecule has 18 nitrogen and oxygen atoms in total. The van der Waals surface area contributed by atoms with Crippen molar-refractivity contribution in [2.24, 2.45) is 11.1 Å². The van der Waals surface area contributed by atoms with Gasteiger partial charge in [-0.1, -0.05) is 81.8 Å². The zero-order valence-corrected chi connectivity index (χ0v) is 47.3. The van der Waals surface area contributed by atoms with E-state index in [4.69, 9.17) is 15.2 Å². The van der Waals surface area contributed by atoms with Crippen LogP contribution in [0.5, 0.6) is 5.75 Å². The third kappa shape index (κ3) is 15.0. The Kier molecular flexibility index (Phi) is 19.1. The summed E-state index contributed by atoms with van der Waals surface area (Å²) in [5, 5.41) is 22.5. The molecule has 3 aliphatic heterocycles. The van der Waals surface area contributed by atoms with E-state index < -0.39 is 77.1 Å². The summed E-state index contributed by atoms with van der Waals surface area (Å²) in [7, 11) is 0. The number of thiazole rings is 1. The molecule has 7 atom stereocenters. The van der Waals surface area contributed by atoms with E-state index in [1.807, 2.05) is 108 Å². The molecule has 7 amide bonds. The minimum absolute atomic E-state index is 0.00848. The van der Waals surface area contributed by atoms with E-state index in [-0.39, 0.29) is 63.1 Å². The summed E-state index contributed by atoms with van der Waals surface area (Å²) < 4.78 is 11.8. The number of nitrogens with two attached hydrogens (primary N) is 1. The molecular weight excluding hydrogens is 1010 g/mol. The first-order chi connectivity index (χ1) is 36.9. The third-order valence-corrected chi connectivity index (χ3v) is 15.6. The Balaban J connectivity index is 0.900. The number of benzene rings is 3. The molecule has 78 heavy (non-hydrogen) atoms. The number of nitrogens with one attached hydrogen (secondary N) is 4. The number of aliphatic hydroxyl groups is 1. The van der Waals surface area contributed by atoms with Crippen molar-refractivity contribution in [3.63, 3.8) is 0 Å². The number of anilines is 1. The molecule has 1 saturated heterocycles. The topological polar surface area (TPSA) is 252 Å². The Morgan fingerprint density at radius 1 is 0.885 bits per heavy atom. The van der Waals surface area contributed by atoms with E-state index in [9.17, 15) is 38.7 Å². The van der Waals surface area contributed by atoms with Crippen molar-refractivity contribution in [1.82, 2.24) is 31.2 Å². The highest BCUT2D eigenvalue weighted by atomic mass is 32.1. The van der Waals surface area contributed by atoms with Crippen LogP contribution in [0.3, 0.4) is 0 Å². The Morgan fingerprint density at radius 3 is 2.28 bits per heavy atom. The van der Waals surface area contributed by atoms with Gasteiger partial charge in [-0.3, -0.25) is 33.7 Å². The summed E-state index contributed by atoms with van der Waals surface area (Å²) in [6.45, 7) is 16.6. The van der Waals surface area contributed by atoms with Crippen LogP contribution in [0, 0.1) is 19.3 Å². The van der Waals surface area contributed by atoms with Gasteiger partial charge in [0.2, 0.25) is 35.4 Å². The second-order valence-corrected chi connectivity index (χ2v) is 24.0. The number of rotatable bonds is 21. The minimum atomic E-state index is -0.936. The SMILES string of the molecule is Cc1ccc(CCCCCC(=O)N[C@H](C(=O)N2C[C@H](O)C[C@H]2C(=O)N[C@@H](C)c2ccc(-c3scnc3C)cc2)C(C)(C)C)cc1OC[C@H](CCC(N)=O)NC(=O)[C@@H]1Cc2cccc3c2N1C(=O)[C@@H](NC(=O)OC(C)(C)C)CC3. The van der Waals surface area contributed by atoms with Gasteiger partial charge in [-0.15, -0.1) is 11.3 Å². The molecule has 0 bridgehead atoms. The maximum absolute atomic E-state index is 14.3. The van der Waals surface area contributed by atoms with Crippen LogP contribution >= 0.6 is 11.3 Å². The molecule has 1 fully saturated rings. The van der Waals surface area contributed by atoms with Gasteiger partial charge < -0.3 is 46.5 Å². The van der Waals surface area contributed by atoms with Gasteiger partial charge in [0, 0.05) is 32.2 Å². The number of β-amino-alcohol motifs (C(OH)–C–C–N with tert-alkyl or cyclic N) is 1. The number of ether oxygens (including phenoxy) is 2. The lowest BCUT2D eigenvalue weighted by molar-refractivity contribution is -0.144. The fourth-order valence-corrected chi connectivity index (χ4v) is 11.2. The third-order valence-electron chi connectivity index (χ3n) is 14.6. The number of likely N-dealkylation sites (tertiary alicyclic amines) is 1. The zero-order chi connectivity index (χ0) is 56.6. The van der Waals surface area contributed by atoms with E-state index in [1.54, 1.807) is 32.1 Å². The van der Waals surface area contributed by atoms with Crippen molar-refractivity contribution >= 4 is 58.6 Å². The molecule has 420 valence electrons. The smallest absolute Gasteiger partial charge is 0.408 e. The first-order valence-electron chi connectivity index (χ1n) is 27.2. The van der Waals surface area contributed by atoms with Gasteiger partial charge in [0.1, 0.15) is 42.1 Å². The Morgan fingerprint density at radius 2 is 1.60 bits per heavy atom. The molecule has 4 heterocycles. The van der Waals surface area contributed by atoms with Crippen molar-refractivity contribution in [1.29, 1.82) is 0 Å². The fraction of sp³-hybridized carbons (Fsp3) is 0.525. The number of nitrogens with zero attached hydrogens (tertiary/aromatic N) is 3. The second kappa shape index (κ2) is 25.3. The van der Waals surface area contributed by atoms with Crippen LogP contribution in [0.2, 0.25) is 0 Å². The number of aryl methyl sites for hydroxylation is 4. The number of aliphatic hydroxyl groups excluding tert-OH is 1. The van der Waals surface area contributed by atoms with Crippen molar-refractivity contribution in [3.05, 3.63) is 99.7 Å². The van der Waals surface area contributed by atoms with E-state index in [0.29, 0.717) is 37.1 Å². The first-order valence-corrected chi connectivity index (χ1v) is 28.1. The van der Waals surface area contributed by atoms with Gasteiger partial charge in [-0.05, 0) is 125 Å². The predicted octanol–water partition coefficient (Wildman–Crippen LogP) is 6.83. The number of para-hydroxylation sites is 1. The van der Waals surface area contributed by atoms with Gasteiger partial charge in [0.25, 0.3) is 0 Å². The average Bonchev–Trinajstić information content (AvgIpc) is 4.17. The molecule has 1 aromatic heterocycles. The number of hydrogen-bond donors (Lipinski definition) is 6. The van der Waals surface area contributed by atoms with Gasteiger partial charge in [0.05, 0.1) is 40.0 Å². The maximum atomic E-state index is 14.3. The molecule has 0 saturated carbocycles. The number of carbonyl (C=O) groups excluding carboxylic acids is 7. The number of hydrogen-bond acceptors (Lipinski definition) is 12. The number of unbranched alkanes of at least 4 members (excludes halogenated alkanes) is 2. The Hall–Kier alpha value is -6.86. The lowest BCUT2D eigenvalue weighted by Gasteiger charge is -2.35. The monoisotopic (exact) mass is 1090 g/mol. The maximum Gasteiger partial charge on any atom is 0.408 e. The quantitative estimate of drug-likeness (QED) is 0.0472. The van der Waals surface area contributed by atoms with Gasteiger partial charge in [-0.25, -0.2) is 9.78 Å². The largest absolute Gasteiger partial charge is 0.491 e. The van der Waals surface area contributed by atoms with Crippen molar-refractivity contribution in [2.45, 2.75) is 181 Å². The lowest BCUT2D eigenvalue weighted by Crippen LogP contribution is -2.57. The molecule has 0 spiro atoms. The number of carbonyl (C=O) groups is 7. The second-order valence-electron chi connectivity index (χ2n) is 23.2. The molecular formula is C59H78N8O10S. The summed E-state index contributed by atoms with van der Waals surface area (Å²) in [6.07, 6.45) is 2.72. The van der Waals surface area contributed by atoms with E-state index in [1.165, 1.54) is 9.80 Å². The highest BCUT2D eigenvalue weighted by molar-refractivity contribution is 7.13. The number of aromatic nitrogens is 1. The number of alkyl carbamates (subject to hydrolysis) is 1. The van der Waals surface area contributed by atoms with Crippen LogP contribution in [0.1, 0.15) is 139 Å². The molecule has 0 unspecified atom stereocenters. The fourth-order valence-electron chi connectivity index (χ4n) is 10.4. The lowest BCUT2D eigenvalue weighted by atomic mass is 9.85. The Bertz CT molecular complexity index is 2840. The predicted molar refractivity (Wildman–Crippen MR) is 298 cm³/mol. The van der Waals surface area contributed by atoms with Crippen LogP contribution in [-0.2, 0) is 52.8 Å². The van der Waals surface area contributed by atoms with Crippen LogP contribution < -0.4 is 36.6 Å². The molecule has 7 rings (SSSR count). The number of primary amides is 1. The van der Waals surface area contributed by atoms with Crippen molar-refractivity contribution < 1.29 is 48.1 Å². The van der Waals surface area contributed by atoms with Gasteiger partial charge >= 0.3 is 6.09 Å². The highest BCUT2D eigenvalue weighted by Gasteiger charge is 2.46. The normalized spacial score (nSPS) is 19.2. The van der Waals surface area contributed by atoms with E-state index in [0.717, 1.165) is 56.8 Å². The van der Waals surface area contributed by atoms with Crippen LogP contribution in [0.4, 0.5) is 10.5 Å². The highest BCUT2D eigenvalue weighted by Crippen LogP contribution is 2.39. The van der Waals surface area contributed by atoms with E-state index in [2.05, 4.69) is 26.3 Å². The molecule has 4 aromatic rings. The number of amides is 7. The van der Waals surface area contributed by atoms with Crippen LogP contribution in [-0.4, -0.2) is 112 Å². The minimum Gasteiger partial charge on any atom is -0.491 e. The first kappa shape index (κ1) is 58.8. The molecule has 19 heteroatoms. The summed E-state index contributed by atoms with van der Waals surface area (Å²) >= 11 is 1.57. The summed E-state index contributed by atoms with van der Waals surface area (Å²) in [6, 6.07) is 14.9. The summed E-state index contributed by atoms with van der Waals surface area (Å²) in [4.78, 5) is 103. The van der Waals surface area contributed by atoms with Crippen LogP contribution in [0.15, 0.2) is 66.2 Å². The summed E-state index contributed by atoms with van der Waals surface area (Å²) in [5.74, 6) is -1.83. The van der Waals surface area contributed by atoms with Gasteiger partial charge in [-0.2, -0.15) is 0 Å². The zero-order valence-electron chi connectivity index (χ0n) is 46.5. The van der Waals surface area contributed by atoms with Crippen molar-refractivity contribution in [2.75, 3.05) is 18.1 Å².